The third-order valence-corrected chi connectivity index (χ3v) is 6.36. The standard InChI is InChI=1S/C17H24N2OS2/c20-17(7-6-16-5-3-12-22-16)19-10-4-11-21-14-15(19)13-18-8-1-2-9-18/h3,5-7,12,15H,1-2,4,8-11,13-14H2/b7-6+/t15-/m0/s1. The molecule has 0 spiro atoms. The average Bonchev–Trinajstić information content (AvgIpc) is 3.16. The molecule has 1 amide bonds. The van der Waals surface area contributed by atoms with Gasteiger partial charge in [0, 0.05) is 29.8 Å². The van der Waals surface area contributed by atoms with E-state index < -0.39 is 0 Å². The van der Waals surface area contributed by atoms with E-state index in [1.807, 2.05) is 29.3 Å². The summed E-state index contributed by atoms with van der Waals surface area (Å²) in [5.41, 5.74) is 0. The van der Waals surface area contributed by atoms with Crippen LogP contribution in [-0.2, 0) is 4.79 Å². The third-order valence-electron chi connectivity index (χ3n) is 4.32. The molecule has 0 aliphatic carbocycles. The van der Waals surface area contributed by atoms with Gasteiger partial charge in [0.25, 0.3) is 0 Å². The molecule has 0 aromatic carbocycles. The summed E-state index contributed by atoms with van der Waals surface area (Å²) in [6.07, 6.45) is 7.45. The van der Waals surface area contributed by atoms with Gasteiger partial charge in [0.1, 0.15) is 0 Å². The normalized spacial score (nSPS) is 24.0. The minimum atomic E-state index is 0.181. The lowest BCUT2D eigenvalue weighted by Gasteiger charge is -2.32. The molecule has 1 aromatic rings. The Morgan fingerprint density at radius 2 is 2.14 bits per heavy atom. The molecule has 22 heavy (non-hydrogen) atoms. The smallest absolute Gasteiger partial charge is 0.246 e. The second kappa shape index (κ2) is 8.18. The highest BCUT2D eigenvalue weighted by molar-refractivity contribution is 7.99. The molecule has 1 aromatic heterocycles. The van der Waals surface area contributed by atoms with Crippen LogP contribution in [0.1, 0.15) is 24.1 Å². The van der Waals surface area contributed by atoms with Crippen LogP contribution in [0.2, 0.25) is 0 Å². The molecule has 0 N–H and O–H groups in total. The zero-order chi connectivity index (χ0) is 15.2. The van der Waals surface area contributed by atoms with Gasteiger partial charge < -0.3 is 9.80 Å². The maximum Gasteiger partial charge on any atom is 0.246 e. The number of hydrogen-bond acceptors (Lipinski definition) is 4. The number of thiophene rings is 1. The highest BCUT2D eigenvalue weighted by atomic mass is 32.2. The number of likely N-dealkylation sites (tertiary alicyclic amines) is 1. The van der Waals surface area contributed by atoms with Crippen molar-refractivity contribution in [2.75, 3.05) is 37.7 Å². The van der Waals surface area contributed by atoms with Gasteiger partial charge in [-0.15, -0.1) is 11.3 Å². The molecule has 2 aliphatic rings. The van der Waals surface area contributed by atoms with Gasteiger partial charge in [-0.1, -0.05) is 6.07 Å². The Morgan fingerprint density at radius 1 is 1.27 bits per heavy atom. The fourth-order valence-electron chi connectivity index (χ4n) is 3.17. The Morgan fingerprint density at radius 3 is 2.91 bits per heavy atom. The molecular weight excluding hydrogens is 312 g/mol. The van der Waals surface area contributed by atoms with E-state index in [1.165, 1.54) is 31.7 Å². The summed E-state index contributed by atoms with van der Waals surface area (Å²) >= 11 is 3.67. The Labute approximate surface area is 141 Å². The first kappa shape index (κ1) is 16.1. The van der Waals surface area contributed by atoms with Crippen LogP contribution in [0.25, 0.3) is 6.08 Å². The number of carbonyl (C=O) groups excluding carboxylic acids is 1. The van der Waals surface area contributed by atoms with E-state index in [9.17, 15) is 4.79 Å². The van der Waals surface area contributed by atoms with Crippen molar-refractivity contribution in [1.29, 1.82) is 0 Å². The van der Waals surface area contributed by atoms with Crippen molar-refractivity contribution < 1.29 is 4.79 Å². The molecular formula is C17H24N2OS2. The van der Waals surface area contributed by atoms with Crippen LogP contribution >= 0.6 is 23.1 Å². The summed E-state index contributed by atoms with van der Waals surface area (Å²) < 4.78 is 0. The molecule has 2 saturated heterocycles. The number of carbonyl (C=O) groups is 1. The maximum atomic E-state index is 12.6. The quantitative estimate of drug-likeness (QED) is 0.789. The minimum Gasteiger partial charge on any atom is -0.334 e. The Bertz CT molecular complexity index is 495. The first-order valence-corrected chi connectivity index (χ1v) is 10.2. The second-order valence-corrected chi connectivity index (χ2v) is 8.10. The van der Waals surface area contributed by atoms with Gasteiger partial charge in [0.05, 0.1) is 6.04 Å². The predicted molar refractivity (Wildman–Crippen MR) is 96.5 cm³/mol. The SMILES string of the molecule is O=C(/C=C/c1cccs1)N1CCCSC[C@@H]1CN1CCCC1. The highest BCUT2D eigenvalue weighted by Crippen LogP contribution is 2.20. The Kier molecular flexibility index (Phi) is 5.98. The van der Waals surface area contributed by atoms with Gasteiger partial charge in [-0.05, 0) is 55.6 Å². The van der Waals surface area contributed by atoms with Gasteiger partial charge in [-0.2, -0.15) is 11.8 Å². The summed E-state index contributed by atoms with van der Waals surface area (Å²) in [4.78, 5) is 18.4. The van der Waals surface area contributed by atoms with Crippen molar-refractivity contribution in [2.24, 2.45) is 0 Å². The minimum absolute atomic E-state index is 0.181. The first-order chi connectivity index (χ1) is 10.8. The number of amides is 1. The summed E-state index contributed by atoms with van der Waals surface area (Å²) in [6, 6.07) is 4.44. The van der Waals surface area contributed by atoms with Crippen molar-refractivity contribution in [3.05, 3.63) is 28.5 Å². The summed E-state index contributed by atoms with van der Waals surface area (Å²) in [6.45, 7) is 4.35. The van der Waals surface area contributed by atoms with E-state index in [0.717, 1.165) is 30.1 Å². The second-order valence-electron chi connectivity index (χ2n) is 5.97. The summed E-state index contributed by atoms with van der Waals surface area (Å²) in [7, 11) is 0. The van der Waals surface area contributed by atoms with Crippen LogP contribution < -0.4 is 0 Å². The van der Waals surface area contributed by atoms with E-state index in [1.54, 1.807) is 17.4 Å². The van der Waals surface area contributed by atoms with Crippen molar-refractivity contribution in [3.8, 4) is 0 Å². The van der Waals surface area contributed by atoms with Crippen LogP contribution in [0, 0.1) is 0 Å². The molecule has 2 fully saturated rings. The lowest BCUT2D eigenvalue weighted by Crippen LogP contribution is -2.47. The molecule has 2 aliphatic heterocycles. The molecule has 0 radical (unpaired) electrons. The van der Waals surface area contributed by atoms with E-state index in [2.05, 4.69) is 15.9 Å². The molecule has 0 bridgehead atoms. The Balaban J connectivity index is 1.64. The van der Waals surface area contributed by atoms with Crippen molar-refractivity contribution in [3.63, 3.8) is 0 Å². The van der Waals surface area contributed by atoms with Crippen molar-refractivity contribution in [2.45, 2.75) is 25.3 Å². The fourth-order valence-corrected chi connectivity index (χ4v) is 4.84. The highest BCUT2D eigenvalue weighted by Gasteiger charge is 2.27. The number of rotatable bonds is 4. The van der Waals surface area contributed by atoms with Crippen LogP contribution in [-0.4, -0.2) is 59.4 Å². The summed E-state index contributed by atoms with van der Waals surface area (Å²) in [5.74, 6) is 2.43. The molecule has 3 heterocycles. The zero-order valence-electron chi connectivity index (χ0n) is 12.9. The topological polar surface area (TPSA) is 23.6 Å². The zero-order valence-corrected chi connectivity index (χ0v) is 14.6. The third kappa shape index (κ3) is 4.37. The number of hydrogen-bond donors (Lipinski definition) is 0. The lowest BCUT2D eigenvalue weighted by atomic mass is 10.2. The van der Waals surface area contributed by atoms with Gasteiger partial charge in [-0.25, -0.2) is 0 Å². The predicted octanol–water partition coefficient (Wildman–Crippen LogP) is 3.19. The number of nitrogens with zero attached hydrogens (tertiary/aromatic N) is 2. The molecule has 3 rings (SSSR count). The first-order valence-electron chi connectivity index (χ1n) is 8.15. The summed E-state index contributed by atoms with van der Waals surface area (Å²) in [5, 5.41) is 2.04. The molecule has 120 valence electrons. The van der Waals surface area contributed by atoms with Crippen molar-refractivity contribution >= 4 is 35.1 Å². The monoisotopic (exact) mass is 336 g/mol. The fraction of sp³-hybridized carbons (Fsp3) is 0.588. The van der Waals surface area contributed by atoms with Gasteiger partial charge in [0.15, 0.2) is 0 Å². The van der Waals surface area contributed by atoms with Crippen LogP contribution in [0.3, 0.4) is 0 Å². The van der Waals surface area contributed by atoms with Crippen LogP contribution in [0.4, 0.5) is 0 Å². The average molecular weight is 337 g/mol. The molecule has 3 nitrogen and oxygen atoms in total. The maximum absolute atomic E-state index is 12.6. The number of thioether (sulfide) groups is 1. The van der Waals surface area contributed by atoms with E-state index in [4.69, 9.17) is 0 Å². The Hall–Kier alpha value is -0.780. The molecule has 0 saturated carbocycles. The lowest BCUT2D eigenvalue weighted by molar-refractivity contribution is -0.128. The van der Waals surface area contributed by atoms with Gasteiger partial charge >= 0.3 is 0 Å². The van der Waals surface area contributed by atoms with Crippen molar-refractivity contribution in [1.82, 2.24) is 9.80 Å². The van der Waals surface area contributed by atoms with E-state index in [0.29, 0.717) is 6.04 Å². The van der Waals surface area contributed by atoms with Crippen LogP contribution in [0.5, 0.6) is 0 Å². The molecule has 1 atom stereocenters. The molecule has 5 heteroatoms. The largest absolute Gasteiger partial charge is 0.334 e. The molecule has 0 unspecified atom stereocenters. The van der Waals surface area contributed by atoms with Gasteiger partial charge in [0.2, 0.25) is 5.91 Å². The van der Waals surface area contributed by atoms with E-state index in [-0.39, 0.29) is 5.91 Å². The van der Waals surface area contributed by atoms with Crippen LogP contribution in [0.15, 0.2) is 23.6 Å². The van der Waals surface area contributed by atoms with Gasteiger partial charge in [-0.3, -0.25) is 4.79 Å². The van der Waals surface area contributed by atoms with E-state index >= 15 is 0 Å².